The molecule has 2 aromatic carbocycles. The Morgan fingerprint density at radius 1 is 1.03 bits per heavy atom. The van der Waals surface area contributed by atoms with Gasteiger partial charge in [0, 0.05) is 18.8 Å². The molecular formula is C28H34N4O3. The fourth-order valence-corrected chi connectivity index (χ4v) is 4.43. The highest BCUT2D eigenvalue weighted by molar-refractivity contribution is 5.92. The van der Waals surface area contributed by atoms with Crippen molar-refractivity contribution >= 4 is 5.91 Å². The number of carbonyl (C=O) groups is 1. The SMILES string of the molecule is COc1ccc(-n2ccc(=O)c(C(=O)NC[C@@H](c3ccc(C(C)(C)C)cc3)N3CCCC3)n2)cc1. The van der Waals surface area contributed by atoms with Crippen LogP contribution in [-0.2, 0) is 5.41 Å². The van der Waals surface area contributed by atoms with Crippen molar-refractivity contribution in [3.05, 3.63) is 87.8 Å². The summed E-state index contributed by atoms with van der Waals surface area (Å²) in [5.74, 6) is 0.254. The number of hydrogen-bond acceptors (Lipinski definition) is 5. The second-order valence-corrected chi connectivity index (χ2v) is 10.0. The van der Waals surface area contributed by atoms with Gasteiger partial charge in [0.1, 0.15) is 5.75 Å². The van der Waals surface area contributed by atoms with Gasteiger partial charge in [0.05, 0.1) is 18.8 Å². The Morgan fingerprint density at radius 2 is 1.69 bits per heavy atom. The van der Waals surface area contributed by atoms with Crippen molar-refractivity contribution < 1.29 is 9.53 Å². The van der Waals surface area contributed by atoms with Crippen LogP contribution >= 0.6 is 0 Å². The first kappa shape index (κ1) is 24.7. The van der Waals surface area contributed by atoms with Gasteiger partial charge in [-0.3, -0.25) is 14.5 Å². The summed E-state index contributed by atoms with van der Waals surface area (Å²) in [5.41, 5.74) is 2.73. The number of aromatic nitrogens is 2. The first-order chi connectivity index (χ1) is 16.8. The molecule has 0 aliphatic carbocycles. The lowest BCUT2D eigenvalue weighted by molar-refractivity contribution is 0.0930. The quantitative estimate of drug-likeness (QED) is 0.558. The fraction of sp³-hybridized carbons (Fsp3) is 0.393. The zero-order valence-electron chi connectivity index (χ0n) is 21.0. The predicted molar refractivity (Wildman–Crippen MR) is 137 cm³/mol. The maximum absolute atomic E-state index is 13.1. The molecule has 0 radical (unpaired) electrons. The van der Waals surface area contributed by atoms with E-state index < -0.39 is 11.3 Å². The lowest BCUT2D eigenvalue weighted by Crippen LogP contribution is -2.39. The highest BCUT2D eigenvalue weighted by Crippen LogP contribution is 2.28. The molecule has 1 atom stereocenters. The van der Waals surface area contributed by atoms with E-state index in [1.807, 2.05) is 12.1 Å². The molecule has 1 aliphatic heterocycles. The van der Waals surface area contributed by atoms with Gasteiger partial charge in [-0.2, -0.15) is 5.10 Å². The van der Waals surface area contributed by atoms with E-state index >= 15 is 0 Å². The number of carbonyl (C=O) groups excluding carboxylic acids is 1. The Labute approximate surface area is 206 Å². The van der Waals surface area contributed by atoms with Crippen LogP contribution in [0, 0.1) is 0 Å². The molecule has 184 valence electrons. The highest BCUT2D eigenvalue weighted by Gasteiger charge is 2.25. The van der Waals surface area contributed by atoms with E-state index in [0.29, 0.717) is 6.54 Å². The van der Waals surface area contributed by atoms with Gasteiger partial charge in [-0.1, -0.05) is 45.0 Å². The molecule has 4 rings (SSSR count). The van der Waals surface area contributed by atoms with Gasteiger partial charge in [0.2, 0.25) is 5.43 Å². The summed E-state index contributed by atoms with van der Waals surface area (Å²) in [6, 6.07) is 17.3. The third-order valence-electron chi connectivity index (χ3n) is 6.56. The molecule has 35 heavy (non-hydrogen) atoms. The molecule has 0 bridgehead atoms. The molecule has 7 heteroatoms. The summed E-state index contributed by atoms with van der Waals surface area (Å²) in [7, 11) is 1.60. The van der Waals surface area contributed by atoms with Crippen molar-refractivity contribution in [2.75, 3.05) is 26.7 Å². The third-order valence-corrected chi connectivity index (χ3v) is 6.56. The van der Waals surface area contributed by atoms with E-state index in [-0.39, 0.29) is 17.2 Å². The Kier molecular flexibility index (Phi) is 7.36. The van der Waals surface area contributed by atoms with Crippen molar-refractivity contribution in [3.63, 3.8) is 0 Å². The number of hydrogen-bond donors (Lipinski definition) is 1. The highest BCUT2D eigenvalue weighted by atomic mass is 16.5. The largest absolute Gasteiger partial charge is 0.497 e. The maximum Gasteiger partial charge on any atom is 0.275 e. The average molecular weight is 475 g/mol. The van der Waals surface area contributed by atoms with Crippen LogP contribution in [0.4, 0.5) is 0 Å². The van der Waals surface area contributed by atoms with Crippen LogP contribution in [0.25, 0.3) is 5.69 Å². The van der Waals surface area contributed by atoms with Gasteiger partial charge in [-0.25, -0.2) is 4.68 Å². The number of amides is 1. The van der Waals surface area contributed by atoms with E-state index in [1.165, 1.54) is 16.3 Å². The van der Waals surface area contributed by atoms with E-state index in [0.717, 1.165) is 42.9 Å². The number of rotatable bonds is 7. The van der Waals surface area contributed by atoms with E-state index in [4.69, 9.17) is 4.74 Å². The zero-order chi connectivity index (χ0) is 25.0. The van der Waals surface area contributed by atoms with Gasteiger partial charge in [-0.05, 0) is 66.7 Å². The minimum Gasteiger partial charge on any atom is -0.497 e. The molecule has 1 N–H and O–H groups in total. The van der Waals surface area contributed by atoms with Crippen molar-refractivity contribution in [1.29, 1.82) is 0 Å². The van der Waals surface area contributed by atoms with Gasteiger partial charge in [0.25, 0.3) is 5.91 Å². The van der Waals surface area contributed by atoms with Gasteiger partial charge in [0.15, 0.2) is 5.69 Å². The van der Waals surface area contributed by atoms with E-state index in [2.05, 4.69) is 60.4 Å². The summed E-state index contributed by atoms with van der Waals surface area (Å²) in [6.07, 6.45) is 3.86. The topological polar surface area (TPSA) is 76.5 Å². The molecule has 2 heterocycles. The zero-order valence-corrected chi connectivity index (χ0v) is 21.0. The molecule has 0 unspecified atom stereocenters. The van der Waals surface area contributed by atoms with Crippen LogP contribution in [0.3, 0.4) is 0 Å². The summed E-state index contributed by atoms with van der Waals surface area (Å²) in [5, 5.41) is 7.30. The molecule has 1 aliphatic rings. The molecule has 1 fully saturated rings. The van der Waals surface area contributed by atoms with Gasteiger partial charge in [-0.15, -0.1) is 0 Å². The van der Waals surface area contributed by atoms with Crippen LogP contribution in [0.1, 0.15) is 61.3 Å². The third kappa shape index (κ3) is 5.80. The number of methoxy groups -OCH3 is 1. The van der Waals surface area contributed by atoms with E-state index in [1.54, 1.807) is 25.4 Å². The second-order valence-electron chi connectivity index (χ2n) is 10.0. The van der Waals surface area contributed by atoms with E-state index in [9.17, 15) is 9.59 Å². The Morgan fingerprint density at radius 3 is 2.29 bits per heavy atom. The minimum absolute atomic E-state index is 0.0444. The van der Waals surface area contributed by atoms with Crippen molar-refractivity contribution in [3.8, 4) is 11.4 Å². The molecule has 1 amide bonds. The molecular weight excluding hydrogens is 440 g/mol. The molecule has 7 nitrogen and oxygen atoms in total. The van der Waals surface area contributed by atoms with Crippen molar-refractivity contribution in [2.24, 2.45) is 0 Å². The van der Waals surface area contributed by atoms with Crippen LogP contribution < -0.4 is 15.5 Å². The Hall–Kier alpha value is -3.45. The molecule has 1 aromatic heterocycles. The number of nitrogens with one attached hydrogen (secondary N) is 1. The maximum atomic E-state index is 13.1. The second kappa shape index (κ2) is 10.4. The molecule has 1 saturated heterocycles. The molecule has 3 aromatic rings. The number of nitrogens with zero attached hydrogens (tertiary/aromatic N) is 3. The Balaban J connectivity index is 1.53. The first-order valence-electron chi connectivity index (χ1n) is 12.1. The lowest BCUT2D eigenvalue weighted by Gasteiger charge is -2.29. The van der Waals surface area contributed by atoms with Crippen LogP contribution in [0.2, 0.25) is 0 Å². The van der Waals surface area contributed by atoms with Gasteiger partial charge >= 0.3 is 0 Å². The normalized spacial score (nSPS) is 15.1. The number of likely N-dealkylation sites (tertiary alicyclic amines) is 1. The summed E-state index contributed by atoms with van der Waals surface area (Å²) in [6.45, 7) is 9.00. The summed E-state index contributed by atoms with van der Waals surface area (Å²) in [4.78, 5) is 27.9. The van der Waals surface area contributed by atoms with Crippen LogP contribution in [0.15, 0.2) is 65.6 Å². The van der Waals surface area contributed by atoms with Crippen molar-refractivity contribution in [2.45, 2.75) is 45.1 Å². The average Bonchev–Trinajstić information content (AvgIpc) is 3.39. The fourth-order valence-electron chi connectivity index (χ4n) is 4.43. The van der Waals surface area contributed by atoms with Crippen LogP contribution in [0.5, 0.6) is 5.75 Å². The predicted octanol–water partition coefficient (Wildman–Crippen LogP) is 4.11. The smallest absolute Gasteiger partial charge is 0.275 e. The van der Waals surface area contributed by atoms with Crippen LogP contribution in [-0.4, -0.2) is 47.3 Å². The first-order valence-corrected chi connectivity index (χ1v) is 12.1. The summed E-state index contributed by atoms with van der Waals surface area (Å²) < 4.78 is 6.72. The Bertz CT molecular complexity index is 1200. The molecule has 0 saturated carbocycles. The lowest BCUT2D eigenvalue weighted by atomic mass is 9.86. The minimum atomic E-state index is -0.464. The van der Waals surface area contributed by atoms with Crippen molar-refractivity contribution in [1.82, 2.24) is 20.0 Å². The standard InChI is InChI=1S/C28H34N4O3/c1-28(2,3)21-9-7-20(8-10-21)24(31-16-5-6-17-31)19-29-27(34)26-25(33)15-18-32(30-26)22-11-13-23(35-4)14-12-22/h7-15,18,24H,5-6,16-17,19H2,1-4H3,(H,29,34)/t24-/m0/s1. The van der Waals surface area contributed by atoms with Gasteiger partial charge < -0.3 is 10.1 Å². The summed E-state index contributed by atoms with van der Waals surface area (Å²) >= 11 is 0. The molecule has 0 spiro atoms. The monoisotopic (exact) mass is 474 g/mol. The number of benzene rings is 2. The number of ether oxygens (including phenoxy) is 1.